The third-order valence-electron chi connectivity index (χ3n) is 6.47. The van der Waals surface area contributed by atoms with E-state index in [2.05, 4.69) is 10.3 Å². The monoisotopic (exact) mass is 542 g/mol. The Hall–Kier alpha value is -5.25. The van der Waals surface area contributed by atoms with Crippen LogP contribution in [-0.4, -0.2) is 54.6 Å². The minimum absolute atomic E-state index is 0.0954. The maximum atomic E-state index is 12.9. The van der Waals surface area contributed by atoms with E-state index in [1.165, 1.54) is 13.2 Å². The number of ether oxygens (including phenoxy) is 4. The zero-order valence-electron chi connectivity index (χ0n) is 21.7. The van der Waals surface area contributed by atoms with Gasteiger partial charge in [-0.05, 0) is 48.0 Å². The van der Waals surface area contributed by atoms with Crippen molar-refractivity contribution in [3.8, 4) is 23.0 Å². The van der Waals surface area contributed by atoms with Crippen molar-refractivity contribution in [1.82, 2.24) is 10.3 Å². The maximum absolute atomic E-state index is 12.9. The normalized spacial score (nSPS) is 13.9. The summed E-state index contributed by atoms with van der Waals surface area (Å²) in [5, 5.41) is 13.1. The number of hydrogen-bond donors (Lipinski definition) is 3. The molecule has 1 aliphatic rings. The summed E-state index contributed by atoms with van der Waals surface area (Å²) in [5.41, 5.74) is 2.61. The second-order valence-electron chi connectivity index (χ2n) is 9.02. The van der Waals surface area contributed by atoms with Crippen LogP contribution in [-0.2, 0) is 16.0 Å². The number of methoxy groups -OCH3 is 2. The first-order chi connectivity index (χ1) is 19.4. The lowest BCUT2D eigenvalue weighted by Gasteiger charge is -2.15. The van der Waals surface area contributed by atoms with Crippen molar-refractivity contribution >= 4 is 34.6 Å². The molecule has 0 spiro atoms. The number of aliphatic carboxylic acids is 1. The summed E-state index contributed by atoms with van der Waals surface area (Å²) in [6.45, 7) is -0.423. The van der Waals surface area contributed by atoms with Gasteiger partial charge >= 0.3 is 5.97 Å². The summed E-state index contributed by atoms with van der Waals surface area (Å²) in [7, 11) is 3.07. The third-order valence-corrected chi connectivity index (χ3v) is 6.47. The predicted molar refractivity (Wildman–Crippen MR) is 146 cm³/mol. The number of carboxylic acids is 1. The molecule has 0 fully saturated rings. The van der Waals surface area contributed by atoms with Crippen LogP contribution in [0.15, 0.2) is 72.6 Å². The largest absolute Gasteiger partial charge is 0.497 e. The van der Waals surface area contributed by atoms with Crippen LogP contribution in [0.5, 0.6) is 23.0 Å². The maximum Gasteiger partial charge on any atom is 0.326 e. The molecule has 5 rings (SSSR count). The average Bonchev–Trinajstić information content (AvgIpc) is 3.51. The summed E-state index contributed by atoms with van der Waals surface area (Å²) in [5.74, 6) is -0.283. The highest BCUT2D eigenvalue weighted by atomic mass is 16.5. The van der Waals surface area contributed by atoms with E-state index in [9.17, 15) is 19.5 Å². The number of ketones is 1. The van der Waals surface area contributed by atoms with Gasteiger partial charge in [-0.25, -0.2) is 4.79 Å². The van der Waals surface area contributed by atoms with Gasteiger partial charge < -0.3 is 34.4 Å². The highest BCUT2D eigenvalue weighted by Crippen LogP contribution is 2.36. The average molecular weight is 543 g/mol. The number of rotatable bonds is 10. The number of amides is 1. The Bertz CT molecular complexity index is 1640. The molecular formula is C30H26N2O8. The number of carbonyl (C=O) groups is 3. The molecule has 0 saturated carbocycles. The highest BCUT2D eigenvalue weighted by molar-refractivity contribution is 6.14. The zero-order valence-corrected chi connectivity index (χ0v) is 21.7. The van der Waals surface area contributed by atoms with Crippen LogP contribution in [0, 0.1) is 0 Å². The van der Waals surface area contributed by atoms with Crippen LogP contribution in [0.3, 0.4) is 0 Å². The SMILES string of the molecule is COc1ccc(OC)c(/C=C2/Oc3cc(OCC(=O)N[C@@H](Cc4c[nH]c5ccccc45)C(=O)O)ccc3C2=O)c1. The lowest BCUT2D eigenvalue weighted by molar-refractivity contribution is -0.142. The van der Waals surface area contributed by atoms with E-state index in [1.807, 2.05) is 24.3 Å². The Morgan fingerprint density at radius 1 is 1.05 bits per heavy atom. The number of aromatic nitrogens is 1. The fourth-order valence-electron chi connectivity index (χ4n) is 4.46. The highest BCUT2D eigenvalue weighted by Gasteiger charge is 2.28. The summed E-state index contributed by atoms with van der Waals surface area (Å²) < 4.78 is 22.0. The van der Waals surface area contributed by atoms with Gasteiger partial charge in [-0.1, -0.05) is 18.2 Å². The molecule has 1 amide bonds. The van der Waals surface area contributed by atoms with Gasteiger partial charge in [0.1, 0.15) is 29.0 Å². The third kappa shape index (κ3) is 5.46. The molecule has 10 nitrogen and oxygen atoms in total. The molecule has 2 heterocycles. The van der Waals surface area contributed by atoms with Gasteiger partial charge in [0.2, 0.25) is 5.78 Å². The number of carboxylic acid groups (broad SMARTS) is 1. The molecule has 4 aromatic rings. The van der Waals surface area contributed by atoms with Crippen molar-refractivity contribution in [3.05, 3.63) is 89.3 Å². The summed E-state index contributed by atoms with van der Waals surface area (Å²) in [6, 6.07) is 16.2. The van der Waals surface area contributed by atoms with Crippen molar-refractivity contribution in [2.75, 3.05) is 20.8 Å². The van der Waals surface area contributed by atoms with E-state index in [-0.39, 0.29) is 29.5 Å². The second-order valence-corrected chi connectivity index (χ2v) is 9.02. The molecule has 1 atom stereocenters. The molecule has 0 radical (unpaired) electrons. The lowest BCUT2D eigenvalue weighted by atomic mass is 10.1. The number of fused-ring (bicyclic) bond motifs is 2. The van der Waals surface area contributed by atoms with Gasteiger partial charge in [0.15, 0.2) is 12.4 Å². The molecule has 3 aromatic carbocycles. The number of carbonyl (C=O) groups excluding carboxylic acids is 2. The van der Waals surface area contributed by atoms with Gasteiger partial charge in [-0.3, -0.25) is 9.59 Å². The quantitative estimate of drug-likeness (QED) is 0.256. The summed E-state index contributed by atoms with van der Waals surface area (Å²) in [6.07, 6.45) is 3.41. The van der Waals surface area contributed by atoms with E-state index >= 15 is 0 Å². The number of nitrogens with one attached hydrogen (secondary N) is 2. The Kier molecular flexibility index (Phi) is 7.41. The molecular weight excluding hydrogens is 516 g/mol. The fraction of sp³-hybridized carbons (Fsp3) is 0.167. The minimum Gasteiger partial charge on any atom is -0.497 e. The second kappa shape index (κ2) is 11.2. The van der Waals surface area contributed by atoms with Crippen LogP contribution < -0.4 is 24.3 Å². The molecule has 0 aliphatic carbocycles. The lowest BCUT2D eigenvalue weighted by Crippen LogP contribution is -2.44. The van der Waals surface area contributed by atoms with Crippen molar-refractivity contribution in [2.45, 2.75) is 12.5 Å². The summed E-state index contributed by atoms with van der Waals surface area (Å²) >= 11 is 0. The molecule has 0 unspecified atom stereocenters. The smallest absolute Gasteiger partial charge is 0.326 e. The van der Waals surface area contributed by atoms with Gasteiger partial charge in [-0.2, -0.15) is 0 Å². The van der Waals surface area contributed by atoms with Crippen LogP contribution >= 0.6 is 0 Å². The molecule has 0 saturated heterocycles. The van der Waals surface area contributed by atoms with Crippen LogP contribution in [0.2, 0.25) is 0 Å². The molecule has 0 bridgehead atoms. The molecule has 204 valence electrons. The molecule has 10 heteroatoms. The Morgan fingerprint density at radius 3 is 2.62 bits per heavy atom. The number of allylic oxidation sites excluding steroid dienone is 1. The number of Topliss-reactive ketones (excluding diaryl/α,β-unsaturated/α-hetero) is 1. The number of aromatic amines is 1. The van der Waals surface area contributed by atoms with E-state index in [4.69, 9.17) is 18.9 Å². The summed E-state index contributed by atoms with van der Waals surface area (Å²) in [4.78, 5) is 40.4. The zero-order chi connectivity index (χ0) is 28.2. The van der Waals surface area contributed by atoms with Gasteiger partial charge in [0, 0.05) is 35.2 Å². The van der Waals surface area contributed by atoms with Crippen molar-refractivity contribution in [3.63, 3.8) is 0 Å². The number of hydrogen-bond acceptors (Lipinski definition) is 7. The fourth-order valence-corrected chi connectivity index (χ4v) is 4.46. The number of para-hydroxylation sites is 1. The van der Waals surface area contributed by atoms with Gasteiger partial charge in [-0.15, -0.1) is 0 Å². The first-order valence-corrected chi connectivity index (χ1v) is 12.4. The van der Waals surface area contributed by atoms with E-state index in [0.717, 1.165) is 16.5 Å². The van der Waals surface area contributed by atoms with Crippen LogP contribution in [0.4, 0.5) is 0 Å². The number of benzene rings is 3. The predicted octanol–water partition coefficient (Wildman–Crippen LogP) is 3.99. The Balaban J connectivity index is 1.23. The van der Waals surface area contributed by atoms with Crippen LogP contribution in [0.1, 0.15) is 21.5 Å². The van der Waals surface area contributed by atoms with Crippen LogP contribution in [0.25, 0.3) is 17.0 Å². The molecule has 1 aromatic heterocycles. The minimum atomic E-state index is -1.16. The Morgan fingerprint density at radius 2 is 1.85 bits per heavy atom. The number of H-pyrrole nitrogens is 1. The standard InChI is InChI=1S/C30H26N2O8/c1-37-19-8-10-25(38-2)17(11-19)13-27-29(34)22-9-7-20(14-26(22)40-27)39-16-28(33)32-24(30(35)36)12-18-15-31-23-6-4-3-5-21(18)23/h3-11,13-15,24,31H,12,16H2,1-2H3,(H,32,33)(H,35,36)/b27-13+/t24-/m0/s1. The van der Waals surface area contributed by atoms with E-state index in [1.54, 1.807) is 49.7 Å². The Labute approximate surface area is 229 Å². The molecule has 1 aliphatic heterocycles. The van der Waals surface area contributed by atoms with Gasteiger partial charge in [0.25, 0.3) is 5.91 Å². The van der Waals surface area contributed by atoms with Crippen molar-refractivity contribution in [1.29, 1.82) is 0 Å². The van der Waals surface area contributed by atoms with Crippen molar-refractivity contribution in [2.24, 2.45) is 0 Å². The van der Waals surface area contributed by atoms with E-state index < -0.39 is 24.5 Å². The molecule has 40 heavy (non-hydrogen) atoms. The van der Waals surface area contributed by atoms with E-state index in [0.29, 0.717) is 22.6 Å². The topological polar surface area (TPSA) is 136 Å². The van der Waals surface area contributed by atoms with Crippen molar-refractivity contribution < 1.29 is 38.4 Å². The first kappa shape index (κ1) is 26.4. The van der Waals surface area contributed by atoms with Gasteiger partial charge in [0.05, 0.1) is 19.8 Å². The first-order valence-electron chi connectivity index (χ1n) is 12.4. The molecule has 3 N–H and O–H groups in total.